The Morgan fingerprint density at radius 1 is 1.50 bits per heavy atom. The van der Waals surface area contributed by atoms with Crippen LogP contribution in [0.1, 0.15) is 6.92 Å². The summed E-state index contributed by atoms with van der Waals surface area (Å²) in [5.74, 6) is 0. The van der Waals surface area contributed by atoms with Crippen molar-refractivity contribution in [2.45, 2.75) is 13.0 Å². The third kappa shape index (κ3) is 4.99. The zero-order chi connectivity index (χ0) is 13.5. The highest BCUT2D eigenvalue weighted by Crippen LogP contribution is 2.26. The molecule has 6 nitrogen and oxygen atoms in total. The molecule has 0 spiro atoms. The van der Waals surface area contributed by atoms with E-state index in [1.54, 1.807) is 13.0 Å². The maximum absolute atomic E-state index is 10.6. The van der Waals surface area contributed by atoms with Crippen molar-refractivity contribution in [3.63, 3.8) is 0 Å². The monoisotopic (exact) mass is 317 g/mol. The average Bonchev–Trinajstić information content (AvgIpc) is 2.29. The van der Waals surface area contributed by atoms with Gasteiger partial charge in [0.1, 0.15) is 0 Å². The van der Waals surface area contributed by atoms with Crippen LogP contribution in [0.2, 0.25) is 0 Å². The minimum Gasteiger partial charge on any atom is -0.392 e. The van der Waals surface area contributed by atoms with E-state index in [0.717, 1.165) is 5.69 Å². The molecule has 0 heterocycles. The number of nitrogens with zero attached hydrogens (tertiary/aromatic N) is 1. The number of anilines is 1. The third-order valence-corrected chi connectivity index (χ3v) is 2.88. The standard InChI is InChI=1S/C11H16BrN3O3/c1-8(16)7-13-4-5-14-11-3-2-9(15(17)18)6-10(11)12/h2-3,6,8,13-14,16H,4-5,7H2,1H3. The van der Waals surface area contributed by atoms with Crippen LogP contribution in [0.4, 0.5) is 11.4 Å². The quantitative estimate of drug-likeness (QED) is 0.405. The van der Waals surface area contributed by atoms with Crippen molar-refractivity contribution in [3.05, 3.63) is 32.8 Å². The SMILES string of the molecule is CC(O)CNCCNc1ccc([N+](=O)[O-])cc1Br. The molecule has 1 unspecified atom stereocenters. The smallest absolute Gasteiger partial charge is 0.270 e. The Morgan fingerprint density at radius 2 is 2.22 bits per heavy atom. The Bertz CT molecular complexity index is 413. The van der Waals surface area contributed by atoms with Crippen LogP contribution < -0.4 is 10.6 Å². The topological polar surface area (TPSA) is 87.4 Å². The number of aliphatic hydroxyl groups excluding tert-OH is 1. The number of nitro groups is 1. The molecule has 1 rings (SSSR count). The molecule has 18 heavy (non-hydrogen) atoms. The molecule has 0 fully saturated rings. The molecule has 1 atom stereocenters. The highest BCUT2D eigenvalue weighted by Gasteiger charge is 2.08. The molecule has 0 amide bonds. The van der Waals surface area contributed by atoms with E-state index in [4.69, 9.17) is 5.11 Å². The molecule has 0 aliphatic carbocycles. The van der Waals surface area contributed by atoms with Crippen molar-refractivity contribution in [2.75, 3.05) is 25.0 Å². The molecule has 1 aromatic rings. The van der Waals surface area contributed by atoms with Gasteiger partial charge in [-0.3, -0.25) is 10.1 Å². The van der Waals surface area contributed by atoms with Crippen molar-refractivity contribution in [1.82, 2.24) is 5.32 Å². The summed E-state index contributed by atoms with van der Waals surface area (Å²) < 4.78 is 0.659. The molecule has 7 heteroatoms. The second-order valence-corrected chi connectivity index (χ2v) is 4.76. The van der Waals surface area contributed by atoms with Crippen molar-refractivity contribution < 1.29 is 10.0 Å². The van der Waals surface area contributed by atoms with E-state index in [-0.39, 0.29) is 11.8 Å². The summed E-state index contributed by atoms with van der Waals surface area (Å²) in [6.45, 7) is 3.63. The number of nitro benzene ring substituents is 1. The van der Waals surface area contributed by atoms with Gasteiger partial charge in [-0.2, -0.15) is 0 Å². The fourth-order valence-corrected chi connectivity index (χ4v) is 1.86. The van der Waals surface area contributed by atoms with Gasteiger partial charge in [0, 0.05) is 41.9 Å². The Hall–Kier alpha value is -1.18. The first-order valence-electron chi connectivity index (χ1n) is 5.57. The van der Waals surface area contributed by atoms with Crippen LogP contribution in [0.5, 0.6) is 0 Å². The van der Waals surface area contributed by atoms with Gasteiger partial charge in [0.25, 0.3) is 5.69 Å². The van der Waals surface area contributed by atoms with E-state index < -0.39 is 4.92 Å². The van der Waals surface area contributed by atoms with E-state index in [0.29, 0.717) is 24.1 Å². The molecule has 0 aliphatic heterocycles. The molecule has 3 N–H and O–H groups in total. The van der Waals surface area contributed by atoms with Gasteiger partial charge in [-0.1, -0.05) is 0 Å². The summed E-state index contributed by atoms with van der Waals surface area (Å²) in [5, 5.41) is 25.8. The number of benzene rings is 1. The average molecular weight is 318 g/mol. The normalized spacial score (nSPS) is 12.2. The van der Waals surface area contributed by atoms with Crippen molar-refractivity contribution >= 4 is 27.3 Å². The number of rotatable bonds is 7. The van der Waals surface area contributed by atoms with E-state index in [9.17, 15) is 10.1 Å². The summed E-state index contributed by atoms with van der Waals surface area (Å²) >= 11 is 3.28. The largest absolute Gasteiger partial charge is 0.392 e. The van der Waals surface area contributed by atoms with Crippen molar-refractivity contribution in [3.8, 4) is 0 Å². The summed E-state index contributed by atoms with van der Waals surface area (Å²) in [5.41, 5.74) is 0.860. The second kappa shape index (κ2) is 7.30. The van der Waals surface area contributed by atoms with E-state index in [2.05, 4.69) is 26.6 Å². The lowest BCUT2D eigenvalue weighted by Crippen LogP contribution is -2.28. The van der Waals surface area contributed by atoms with Gasteiger partial charge in [-0.15, -0.1) is 0 Å². The predicted molar refractivity (Wildman–Crippen MR) is 73.8 cm³/mol. The van der Waals surface area contributed by atoms with Gasteiger partial charge in [0.2, 0.25) is 0 Å². The van der Waals surface area contributed by atoms with Crippen LogP contribution in [0.3, 0.4) is 0 Å². The first-order chi connectivity index (χ1) is 8.50. The zero-order valence-corrected chi connectivity index (χ0v) is 11.6. The minimum absolute atomic E-state index is 0.0552. The highest BCUT2D eigenvalue weighted by molar-refractivity contribution is 9.10. The zero-order valence-electron chi connectivity index (χ0n) is 10.0. The van der Waals surface area contributed by atoms with Crippen LogP contribution in [0.15, 0.2) is 22.7 Å². The third-order valence-electron chi connectivity index (χ3n) is 2.22. The number of halogens is 1. The lowest BCUT2D eigenvalue weighted by atomic mass is 10.3. The number of hydrogen-bond acceptors (Lipinski definition) is 5. The van der Waals surface area contributed by atoms with Gasteiger partial charge >= 0.3 is 0 Å². The number of aliphatic hydroxyl groups is 1. The molecule has 0 bridgehead atoms. The highest BCUT2D eigenvalue weighted by atomic mass is 79.9. The summed E-state index contributed by atoms with van der Waals surface area (Å²) in [6.07, 6.45) is -0.365. The summed E-state index contributed by atoms with van der Waals surface area (Å²) in [4.78, 5) is 10.1. The predicted octanol–water partition coefficient (Wildman–Crippen LogP) is 1.74. The Morgan fingerprint density at radius 3 is 2.78 bits per heavy atom. The molecule has 0 saturated carbocycles. The van der Waals surface area contributed by atoms with Gasteiger partial charge in [-0.25, -0.2) is 0 Å². The van der Waals surface area contributed by atoms with Crippen LogP contribution in [-0.4, -0.2) is 35.8 Å². The van der Waals surface area contributed by atoms with Gasteiger partial charge in [0.15, 0.2) is 0 Å². The Kier molecular flexibility index (Phi) is 6.03. The van der Waals surface area contributed by atoms with Crippen LogP contribution in [0, 0.1) is 10.1 Å². The maximum Gasteiger partial charge on any atom is 0.270 e. The maximum atomic E-state index is 10.6. The summed E-state index contributed by atoms with van der Waals surface area (Å²) in [7, 11) is 0. The molecular weight excluding hydrogens is 302 g/mol. The van der Waals surface area contributed by atoms with Crippen molar-refractivity contribution in [2.24, 2.45) is 0 Å². The fraction of sp³-hybridized carbons (Fsp3) is 0.455. The van der Waals surface area contributed by atoms with Crippen LogP contribution in [-0.2, 0) is 0 Å². The molecule has 0 aliphatic rings. The number of non-ortho nitro benzene ring substituents is 1. The lowest BCUT2D eigenvalue weighted by molar-refractivity contribution is -0.384. The first-order valence-corrected chi connectivity index (χ1v) is 6.36. The van der Waals surface area contributed by atoms with Gasteiger partial charge in [0.05, 0.1) is 11.0 Å². The Labute approximate surface area is 114 Å². The van der Waals surface area contributed by atoms with Crippen LogP contribution >= 0.6 is 15.9 Å². The Balaban J connectivity index is 2.41. The fourth-order valence-electron chi connectivity index (χ4n) is 1.36. The molecular formula is C11H16BrN3O3. The second-order valence-electron chi connectivity index (χ2n) is 3.90. The first kappa shape index (κ1) is 14.9. The van der Waals surface area contributed by atoms with E-state index >= 15 is 0 Å². The lowest BCUT2D eigenvalue weighted by Gasteiger charge is -2.10. The molecule has 100 valence electrons. The molecule has 0 aromatic heterocycles. The molecule has 0 saturated heterocycles. The van der Waals surface area contributed by atoms with Crippen LogP contribution in [0.25, 0.3) is 0 Å². The van der Waals surface area contributed by atoms with E-state index in [1.807, 2.05) is 0 Å². The van der Waals surface area contributed by atoms with Crippen molar-refractivity contribution in [1.29, 1.82) is 0 Å². The number of hydrogen-bond donors (Lipinski definition) is 3. The molecule has 1 aromatic carbocycles. The van der Waals surface area contributed by atoms with Gasteiger partial charge in [-0.05, 0) is 28.9 Å². The molecule has 0 radical (unpaired) electrons. The summed E-state index contributed by atoms with van der Waals surface area (Å²) in [6, 6.07) is 4.58. The minimum atomic E-state index is -0.432. The van der Waals surface area contributed by atoms with E-state index in [1.165, 1.54) is 12.1 Å². The number of nitrogens with one attached hydrogen (secondary N) is 2. The van der Waals surface area contributed by atoms with Gasteiger partial charge < -0.3 is 15.7 Å².